The molecule has 14 heavy (non-hydrogen) atoms. The first-order chi connectivity index (χ1) is 6.56. The van der Waals surface area contributed by atoms with Gasteiger partial charge >= 0.3 is 0 Å². The van der Waals surface area contributed by atoms with Crippen molar-refractivity contribution in [2.24, 2.45) is 5.92 Å². The van der Waals surface area contributed by atoms with Gasteiger partial charge in [0.15, 0.2) is 0 Å². The van der Waals surface area contributed by atoms with Gasteiger partial charge < -0.3 is 0 Å². The van der Waals surface area contributed by atoms with E-state index in [1.165, 1.54) is 11.9 Å². The molecule has 1 aromatic carbocycles. The fourth-order valence-corrected chi connectivity index (χ4v) is 2.94. The lowest BCUT2D eigenvalue weighted by molar-refractivity contribution is 0.00426. The predicted molar refractivity (Wildman–Crippen MR) is 57.4 cm³/mol. The molecule has 0 aliphatic carbocycles. The summed E-state index contributed by atoms with van der Waals surface area (Å²) in [5, 5.41) is 0. The third-order valence-corrected chi connectivity index (χ3v) is 4.19. The van der Waals surface area contributed by atoms with E-state index in [1.807, 2.05) is 31.2 Å². The Labute approximate surface area is 88.4 Å². The first-order valence-corrected chi connectivity index (χ1v) is 5.57. The highest BCUT2D eigenvalue weighted by atomic mass is 32.2. The summed E-state index contributed by atoms with van der Waals surface area (Å²) in [4.78, 5) is 1.03. The number of hydrogen-bond donors (Lipinski definition) is 0. The quantitative estimate of drug-likeness (QED) is 0.514. The van der Waals surface area contributed by atoms with Crippen molar-refractivity contribution < 1.29 is 4.48 Å². The Morgan fingerprint density at radius 3 is 2.64 bits per heavy atom. The average molecular weight is 211 g/mol. The minimum Gasteiger partial charge on any atom is -0.122 e. The van der Waals surface area contributed by atoms with Crippen molar-refractivity contribution in [3.05, 3.63) is 29.8 Å². The van der Waals surface area contributed by atoms with Crippen molar-refractivity contribution in [3.8, 4) is 0 Å². The largest absolute Gasteiger partial charge is 0.122 e. The Morgan fingerprint density at radius 1 is 1.36 bits per heavy atom. The summed E-state index contributed by atoms with van der Waals surface area (Å²) < 4.78 is 14.7. The maximum Gasteiger partial charge on any atom is 0.0886 e. The highest BCUT2D eigenvalue weighted by Gasteiger charge is 2.45. The first-order valence-electron chi connectivity index (χ1n) is 4.80. The van der Waals surface area contributed by atoms with Gasteiger partial charge in [-0.05, 0) is 36.4 Å². The van der Waals surface area contributed by atoms with Gasteiger partial charge in [0.25, 0.3) is 0 Å². The van der Waals surface area contributed by atoms with Gasteiger partial charge in [-0.3, -0.25) is 0 Å². The van der Waals surface area contributed by atoms with Crippen molar-refractivity contribution in [3.63, 3.8) is 0 Å². The highest BCUT2D eigenvalue weighted by Crippen LogP contribution is 2.51. The van der Waals surface area contributed by atoms with Gasteiger partial charge in [0.2, 0.25) is 0 Å². The van der Waals surface area contributed by atoms with Crippen LogP contribution in [0.4, 0.5) is 4.48 Å². The van der Waals surface area contributed by atoms with Crippen LogP contribution in [0.15, 0.2) is 29.2 Å². The lowest BCUT2D eigenvalue weighted by Crippen LogP contribution is -2.35. The van der Waals surface area contributed by atoms with Crippen LogP contribution < -0.4 is 0 Å². The van der Waals surface area contributed by atoms with E-state index in [0.717, 1.165) is 15.0 Å². The molecule has 1 nitrogen and oxygen atoms in total. The van der Waals surface area contributed by atoms with Crippen LogP contribution in [-0.2, 0) is 5.54 Å². The van der Waals surface area contributed by atoms with Crippen LogP contribution >= 0.6 is 11.9 Å². The van der Waals surface area contributed by atoms with Crippen molar-refractivity contribution in [1.29, 1.82) is 0 Å². The second-order valence-corrected chi connectivity index (χ2v) is 5.08. The van der Waals surface area contributed by atoms with E-state index >= 15 is 0 Å². The molecular weight excluding hydrogens is 197 g/mol. The van der Waals surface area contributed by atoms with Gasteiger partial charge in [0.05, 0.1) is 5.54 Å². The van der Waals surface area contributed by atoms with Gasteiger partial charge in [-0.15, -0.1) is 4.48 Å². The molecule has 0 N–H and O–H groups in total. The molecular formula is C11H14FNS. The zero-order valence-corrected chi connectivity index (χ0v) is 9.44. The molecule has 1 aromatic rings. The summed E-state index contributed by atoms with van der Waals surface area (Å²) in [5.41, 5.74) is 0.615. The van der Waals surface area contributed by atoms with Crippen LogP contribution in [0.5, 0.6) is 0 Å². The van der Waals surface area contributed by atoms with Gasteiger partial charge in [-0.1, -0.05) is 36.6 Å². The van der Waals surface area contributed by atoms with Crippen LogP contribution in [0.2, 0.25) is 0 Å². The van der Waals surface area contributed by atoms with Crippen LogP contribution in [0, 0.1) is 5.92 Å². The molecule has 1 atom stereocenters. The molecule has 0 spiro atoms. The van der Waals surface area contributed by atoms with E-state index in [0.29, 0.717) is 0 Å². The third-order valence-electron chi connectivity index (χ3n) is 3.10. The SMILES string of the molecule is CC(C)C1(C)c2ccccc2SN1F. The number of benzene rings is 1. The molecule has 0 aromatic heterocycles. The monoisotopic (exact) mass is 211 g/mol. The lowest BCUT2D eigenvalue weighted by atomic mass is 9.83. The molecule has 1 heterocycles. The van der Waals surface area contributed by atoms with E-state index in [1.54, 1.807) is 0 Å². The zero-order chi connectivity index (χ0) is 10.3. The minimum atomic E-state index is -0.485. The van der Waals surface area contributed by atoms with Crippen LogP contribution in [0.1, 0.15) is 26.3 Å². The molecule has 2 rings (SSSR count). The summed E-state index contributed by atoms with van der Waals surface area (Å²) >= 11 is 1.19. The van der Waals surface area contributed by atoms with Crippen LogP contribution in [-0.4, -0.2) is 4.53 Å². The summed E-state index contributed by atoms with van der Waals surface area (Å²) in [5.74, 6) is 0.253. The zero-order valence-electron chi connectivity index (χ0n) is 8.62. The summed E-state index contributed by atoms with van der Waals surface area (Å²) in [6.45, 7) is 6.06. The Bertz CT molecular complexity index is 353. The van der Waals surface area contributed by atoms with Crippen LogP contribution in [0.25, 0.3) is 0 Å². The van der Waals surface area contributed by atoms with Crippen molar-refractivity contribution in [2.75, 3.05) is 0 Å². The minimum absolute atomic E-state index is 0.253. The number of rotatable bonds is 1. The summed E-state index contributed by atoms with van der Waals surface area (Å²) in [7, 11) is 0. The summed E-state index contributed by atoms with van der Waals surface area (Å²) in [6.07, 6.45) is 0. The Morgan fingerprint density at radius 2 is 2.00 bits per heavy atom. The molecule has 1 aliphatic rings. The maximum absolute atomic E-state index is 13.8. The molecule has 1 unspecified atom stereocenters. The molecule has 76 valence electrons. The molecule has 0 amide bonds. The maximum atomic E-state index is 13.8. The number of hydrogen-bond acceptors (Lipinski definition) is 2. The second-order valence-electron chi connectivity index (χ2n) is 4.13. The van der Waals surface area contributed by atoms with E-state index in [-0.39, 0.29) is 5.92 Å². The van der Waals surface area contributed by atoms with E-state index in [2.05, 4.69) is 13.8 Å². The van der Waals surface area contributed by atoms with E-state index in [9.17, 15) is 4.48 Å². The Hall–Kier alpha value is -0.540. The number of halogens is 1. The van der Waals surface area contributed by atoms with Crippen molar-refractivity contribution in [1.82, 2.24) is 4.53 Å². The van der Waals surface area contributed by atoms with Gasteiger partial charge in [-0.25, -0.2) is 0 Å². The Kier molecular flexibility index (Phi) is 2.32. The summed E-state index contributed by atoms with van der Waals surface area (Å²) in [6, 6.07) is 7.91. The number of nitrogens with zero attached hydrogens (tertiary/aromatic N) is 1. The molecule has 0 saturated heterocycles. The van der Waals surface area contributed by atoms with Crippen molar-refractivity contribution >= 4 is 11.9 Å². The molecule has 0 radical (unpaired) electrons. The Balaban J connectivity index is 2.54. The van der Waals surface area contributed by atoms with E-state index < -0.39 is 5.54 Å². The molecule has 0 saturated carbocycles. The highest BCUT2D eigenvalue weighted by molar-refractivity contribution is 7.97. The van der Waals surface area contributed by atoms with E-state index in [4.69, 9.17) is 0 Å². The lowest BCUT2D eigenvalue weighted by Gasteiger charge is -2.32. The van der Waals surface area contributed by atoms with Crippen molar-refractivity contribution in [2.45, 2.75) is 31.2 Å². The van der Waals surface area contributed by atoms with Gasteiger partial charge in [0.1, 0.15) is 0 Å². The predicted octanol–water partition coefficient (Wildman–Crippen LogP) is 3.77. The number of fused-ring (bicyclic) bond motifs is 1. The van der Waals surface area contributed by atoms with Gasteiger partial charge in [0, 0.05) is 4.90 Å². The molecule has 0 fully saturated rings. The third kappa shape index (κ3) is 1.19. The molecule has 3 heteroatoms. The molecule has 0 bridgehead atoms. The van der Waals surface area contributed by atoms with Gasteiger partial charge in [-0.2, -0.15) is 0 Å². The molecule has 1 aliphatic heterocycles. The fraction of sp³-hybridized carbons (Fsp3) is 0.455. The standard InChI is InChI=1S/C11H14FNS/c1-8(2)11(3)9-6-4-5-7-10(9)14-13(11)12/h4-8H,1-3H3. The smallest absolute Gasteiger partial charge is 0.0886 e. The topological polar surface area (TPSA) is 3.24 Å². The normalized spacial score (nSPS) is 26.9. The first kappa shape index (κ1) is 9.99. The fourth-order valence-electron chi connectivity index (χ4n) is 1.75. The van der Waals surface area contributed by atoms with Crippen LogP contribution in [0.3, 0.4) is 0 Å². The average Bonchev–Trinajstić information content (AvgIpc) is 2.41. The second kappa shape index (κ2) is 3.24.